The lowest BCUT2D eigenvalue weighted by molar-refractivity contribution is -0.126. The first-order valence-corrected chi connectivity index (χ1v) is 7.17. The van der Waals surface area contributed by atoms with Gasteiger partial charge in [-0.2, -0.15) is 0 Å². The lowest BCUT2D eigenvalue weighted by Crippen LogP contribution is -2.47. The topological polar surface area (TPSA) is 61.4 Å². The van der Waals surface area contributed by atoms with Crippen LogP contribution < -0.4 is 10.6 Å². The molecule has 4 nitrogen and oxygen atoms in total. The summed E-state index contributed by atoms with van der Waals surface area (Å²) in [5.41, 5.74) is -0.689. The zero-order valence-corrected chi connectivity index (χ0v) is 12.0. The number of carbonyl (C=O) groups excluding carboxylic acids is 1. The van der Waals surface area contributed by atoms with Crippen molar-refractivity contribution in [1.82, 2.24) is 10.6 Å². The van der Waals surface area contributed by atoms with Crippen LogP contribution in [0.5, 0.6) is 0 Å². The van der Waals surface area contributed by atoms with E-state index in [2.05, 4.69) is 17.6 Å². The fraction of sp³-hybridized carbons (Fsp3) is 0.929. The first-order valence-electron chi connectivity index (χ1n) is 7.17. The van der Waals surface area contributed by atoms with E-state index in [0.717, 1.165) is 25.8 Å². The molecule has 3 N–H and O–H groups in total. The Morgan fingerprint density at radius 3 is 2.89 bits per heavy atom. The summed E-state index contributed by atoms with van der Waals surface area (Å²) in [6.07, 6.45) is 3.85. The van der Waals surface area contributed by atoms with Gasteiger partial charge < -0.3 is 15.7 Å². The molecule has 1 amide bonds. The van der Waals surface area contributed by atoms with Gasteiger partial charge in [0.1, 0.15) is 0 Å². The quantitative estimate of drug-likeness (QED) is 0.671. The van der Waals surface area contributed by atoms with E-state index in [1.54, 1.807) is 0 Å². The van der Waals surface area contributed by atoms with Crippen molar-refractivity contribution in [2.24, 2.45) is 11.8 Å². The van der Waals surface area contributed by atoms with Crippen LogP contribution in [0, 0.1) is 11.8 Å². The van der Waals surface area contributed by atoms with E-state index >= 15 is 0 Å². The van der Waals surface area contributed by atoms with Gasteiger partial charge in [0.05, 0.1) is 5.60 Å². The maximum atomic E-state index is 11.9. The van der Waals surface area contributed by atoms with Crippen molar-refractivity contribution in [1.29, 1.82) is 0 Å². The molecule has 0 radical (unpaired) electrons. The zero-order chi connectivity index (χ0) is 13.6. The van der Waals surface area contributed by atoms with Crippen LogP contribution in [0.3, 0.4) is 0 Å². The molecule has 3 unspecified atom stereocenters. The minimum absolute atomic E-state index is 0.0302. The monoisotopic (exact) mass is 256 g/mol. The SMILES string of the molecule is CCNCC(C)C(=O)NCC1(O)CCCC(C)C1. The van der Waals surface area contributed by atoms with Gasteiger partial charge in [0, 0.05) is 19.0 Å². The van der Waals surface area contributed by atoms with Crippen LogP contribution in [-0.4, -0.2) is 36.2 Å². The van der Waals surface area contributed by atoms with Crippen molar-refractivity contribution in [2.45, 2.75) is 52.1 Å². The lowest BCUT2D eigenvalue weighted by atomic mass is 9.79. The molecule has 0 bridgehead atoms. The highest BCUT2D eigenvalue weighted by Gasteiger charge is 2.33. The summed E-state index contributed by atoms with van der Waals surface area (Å²) >= 11 is 0. The molecular formula is C14H28N2O2. The minimum Gasteiger partial charge on any atom is -0.388 e. The molecule has 4 heteroatoms. The largest absolute Gasteiger partial charge is 0.388 e. The van der Waals surface area contributed by atoms with Crippen LogP contribution in [0.2, 0.25) is 0 Å². The van der Waals surface area contributed by atoms with Gasteiger partial charge in [-0.1, -0.05) is 33.6 Å². The molecule has 18 heavy (non-hydrogen) atoms. The average Bonchev–Trinajstić information content (AvgIpc) is 2.32. The maximum absolute atomic E-state index is 11.9. The summed E-state index contributed by atoms with van der Waals surface area (Å²) < 4.78 is 0. The molecule has 0 saturated heterocycles. The van der Waals surface area contributed by atoms with Crippen LogP contribution in [0.4, 0.5) is 0 Å². The van der Waals surface area contributed by atoms with Gasteiger partial charge in [-0.25, -0.2) is 0 Å². The van der Waals surface area contributed by atoms with Gasteiger partial charge in [0.2, 0.25) is 5.91 Å². The first kappa shape index (κ1) is 15.4. The normalized spacial score (nSPS) is 29.9. The molecule has 1 aliphatic rings. The molecule has 0 aromatic carbocycles. The summed E-state index contributed by atoms with van der Waals surface area (Å²) in [6.45, 7) is 8.06. The van der Waals surface area contributed by atoms with E-state index < -0.39 is 5.60 Å². The standard InChI is InChI=1S/C14H28N2O2/c1-4-15-9-12(3)13(17)16-10-14(18)7-5-6-11(2)8-14/h11-12,15,18H,4-10H2,1-3H3,(H,16,17). The number of hydrogen-bond donors (Lipinski definition) is 3. The third kappa shape index (κ3) is 4.94. The van der Waals surface area contributed by atoms with Gasteiger partial charge in [-0.15, -0.1) is 0 Å². The van der Waals surface area contributed by atoms with Gasteiger partial charge in [0.25, 0.3) is 0 Å². The van der Waals surface area contributed by atoms with Crippen LogP contribution in [-0.2, 0) is 4.79 Å². The smallest absolute Gasteiger partial charge is 0.224 e. The van der Waals surface area contributed by atoms with Crippen molar-refractivity contribution in [3.05, 3.63) is 0 Å². The molecule has 0 aromatic heterocycles. The van der Waals surface area contributed by atoms with Crippen molar-refractivity contribution in [2.75, 3.05) is 19.6 Å². The van der Waals surface area contributed by atoms with Gasteiger partial charge in [-0.3, -0.25) is 4.79 Å². The number of carbonyl (C=O) groups is 1. The second kappa shape index (κ2) is 7.10. The molecule has 0 spiro atoms. The molecule has 1 fully saturated rings. The van der Waals surface area contributed by atoms with E-state index in [1.807, 2.05) is 13.8 Å². The summed E-state index contributed by atoms with van der Waals surface area (Å²) in [6, 6.07) is 0. The van der Waals surface area contributed by atoms with Gasteiger partial charge in [-0.05, 0) is 25.3 Å². The van der Waals surface area contributed by atoms with Crippen LogP contribution in [0.1, 0.15) is 46.5 Å². The minimum atomic E-state index is -0.689. The molecule has 0 heterocycles. The number of hydrogen-bond acceptors (Lipinski definition) is 3. The highest BCUT2D eigenvalue weighted by Crippen LogP contribution is 2.31. The third-order valence-electron chi connectivity index (χ3n) is 3.81. The lowest BCUT2D eigenvalue weighted by Gasteiger charge is -2.35. The molecule has 0 aromatic rings. The Labute approximate surface area is 111 Å². The van der Waals surface area contributed by atoms with Crippen molar-refractivity contribution in [3.8, 4) is 0 Å². The fourth-order valence-corrected chi connectivity index (χ4v) is 2.67. The summed E-state index contributed by atoms with van der Waals surface area (Å²) in [5, 5.41) is 16.5. The fourth-order valence-electron chi connectivity index (χ4n) is 2.67. The van der Waals surface area contributed by atoms with Gasteiger partial charge in [0.15, 0.2) is 0 Å². The van der Waals surface area contributed by atoms with E-state index in [4.69, 9.17) is 0 Å². The highest BCUT2D eigenvalue weighted by molar-refractivity contribution is 5.78. The van der Waals surface area contributed by atoms with Crippen LogP contribution in [0.25, 0.3) is 0 Å². The Bertz CT molecular complexity index is 271. The summed E-state index contributed by atoms with van der Waals surface area (Å²) in [4.78, 5) is 11.9. The van der Waals surface area contributed by atoms with E-state index in [0.29, 0.717) is 19.0 Å². The van der Waals surface area contributed by atoms with Crippen molar-refractivity contribution >= 4 is 5.91 Å². The number of rotatable bonds is 6. The zero-order valence-electron chi connectivity index (χ0n) is 12.0. The molecule has 1 rings (SSSR count). The Morgan fingerprint density at radius 2 is 2.28 bits per heavy atom. The Hall–Kier alpha value is -0.610. The summed E-state index contributed by atoms with van der Waals surface area (Å²) in [5.74, 6) is 0.539. The average molecular weight is 256 g/mol. The second-order valence-electron chi connectivity index (χ2n) is 5.85. The molecular weight excluding hydrogens is 228 g/mol. The van der Waals surface area contributed by atoms with E-state index in [9.17, 15) is 9.90 Å². The Balaban J connectivity index is 2.32. The van der Waals surface area contributed by atoms with E-state index in [-0.39, 0.29) is 11.8 Å². The van der Waals surface area contributed by atoms with Crippen molar-refractivity contribution in [3.63, 3.8) is 0 Å². The number of nitrogens with one attached hydrogen (secondary N) is 2. The number of amides is 1. The van der Waals surface area contributed by atoms with Crippen LogP contribution >= 0.6 is 0 Å². The molecule has 3 atom stereocenters. The predicted octanol–water partition coefficient (Wildman–Crippen LogP) is 1.29. The number of aliphatic hydroxyl groups is 1. The Morgan fingerprint density at radius 1 is 1.56 bits per heavy atom. The van der Waals surface area contributed by atoms with Crippen LogP contribution in [0.15, 0.2) is 0 Å². The van der Waals surface area contributed by atoms with Gasteiger partial charge >= 0.3 is 0 Å². The molecule has 1 aliphatic carbocycles. The summed E-state index contributed by atoms with van der Waals surface area (Å²) in [7, 11) is 0. The molecule has 1 saturated carbocycles. The predicted molar refractivity (Wildman–Crippen MR) is 73.3 cm³/mol. The molecule has 106 valence electrons. The second-order valence-corrected chi connectivity index (χ2v) is 5.85. The molecule has 0 aliphatic heterocycles. The Kier molecular flexibility index (Phi) is 6.09. The van der Waals surface area contributed by atoms with E-state index in [1.165, 1.54) is 6.42 Å². The van der Waals surface area contributed by atoms with Crippen molar-refractivity contribution < 1.29 is 9.90 Å². The third-order valence-corrected chi connectivity index (χ3v) is 3.81. The highest BCUT2D eigenvalue weighted by atomic mass is 16.3. The first-order chi connectivity index (χ1) is 8.47. The maximum Gasteiger partial charge on any atom is 0.224 e.